The maximum atomic E-state index is 5.45. The number of anilines is 1. The summed E-state index contributed by atoms with van der Waals surface area (Å²) in [4.78, 5) is 10.6. The average molecular weight is 391 g/mol. The van der Waals surface area contributed by atoms with Crippen molar-refractivity contribution in [2.75, 3.05) is 57.8 Å². The minimum atomic E-state index is 0.571. The van der Waals surface area contributed by atoms with E-state index in [1.165, 1.54) is 28.9 Å². The highest BCUT2D eigenvalue weighted by atomic mass is 32.1. The maximum absolute atomic E-state index is 5.45. The molecular weight excluding hydrogens is 364 g/mol. The molecule has 5 heterocycles. The van der Waals surface area contributed by atoms with Crippen molar-refractivity contribution in [2.45, 2.75) is 19.9 Å². The molecule has 1 unspecified atom stereocenters. The Morgan fingerprint density at radius 2 is 2.11 bits per heavy atom. The first-order chi connectivity index (χ1) is 13.3. The van der Waals surface area contributed by atoms with Crippen LogP contribution in [0.4, 0.5) is 5.82 Å². The van der Waals surface area contributed by atoms with Crippen LogP contribution < -0.4 is 15.1 Å². The van der Waals surface area contributed by atoms with E-state index in [9.17, 15) is 0 Å². The third-order valence-corrected chi connectivity index (χ3v) is 6.98. The lowest BCUT2D eigenvalue weighted by Gasteiger charge is -2.24. The van der Waals surface area contributed by atoms with Gasteiger partial charge in [-0.05, 0) is 22.9 Å². The Labute approximate surface area is 161 Å². The molecule has 9 nitrogen and oxygen atoms in total. The van der Waals surface area contributed by atoms with Gasteiger partial charge in [-0.3, -0.25) is 0 Å². The number of likely N-dealkylation sites (N-methyl/N-ethyl adjacent to an activating group) is 1. The van der Waals surface area contributed by atoms with Crippen LogP contribution in [-0.4, -0.2) is 77.5 Å². The summed E-state index contributed by atoms with van der Waals surface area (Å²) in [6.07, 6.45) is 1.09. The van der Waals surface area contributed by atoms with Gasteiger partial charge in [0.1, 0.15) is 30.3 Å². The van der Waals surface area contributed by atoms with Crippen molar-refractivity contribution in [3.05, 3.63) is 10.4 Å². The summed E-state index contributed by atoms with van der Waals surface area (Å²) < 4.78 is 7.25. The summed E-state index contributed by atoms with van der Waals surface area (Å²) >= 11 is 1.83. The van der Waals surface area contributed by atoms with E-state index in [0.29, 0.717) is 5.78 Å². The monoisotopic (exact) mass is 390 g/mol. The molecule has 2 aliphatic rings. The fraction of sp³-hybridized carbons (Fsp3) is 0.647. The molecular formula is C17H26N8OS+2. The van der Waals surface area contributed by atoms with Gasteiger partial charge in [-0.15, -0.1) is 11.3 Å². The zero-order valence-electron chi connectivity index (χ0n) is 15.6. The fourth-order valence-corrected chi connectivity index (χ4v) is 5.52. The zero-order valence-corrected chi connectivity index (χ0v) is 16.4. The van der Waals surface area contributed by atoms with Gasteiger partial charge in [0.25, 0.3) is 5.78 Å². The van der Waals surface area contributed by atoms with E-state index in [4.69, 9.17) is 9.72 Å². The van der Waals surface area contributed by atoms with Crippen molar-refractivity contribution in [3.63, 3.8) is 0 Å². The van der Waals surface area contributed by atoms with Crippen LogP contribution in [0.2, 0.25) is 0 Å². The first kappa shape index (κ1) is 17.2. The lowest BCUT2D eigenvalue weighted by molar-refractivity contribution is -0.913. The normalized spacial score (nSPS) is 21.0. The van der Waals surface area contributed by atoms with Crippen LogP contribution in [0.5, 0.6) is 0 Å². The Kier molecular flexibility index (Phi) is 4.64. The lowest BCUT2D eigenvalue weighted by Crippen LogP contribution is -3.14. The van der Waals surface area contributed by atoms with Gasteiger partial charge in [-0.1, -0.05) is 5.10 Å². The number of tetrazole rings is 1. The Morgan fingerprint density at radius 1 is 1.22 bits per heavy atom. The molecule has 0 saturated carbocycles. The summed E-state index contributed by atoms with van der Waals surface area (Å²) in [5.74, 6) is 1.51. The van der Waals surface area contributed by atoms with Gasteiger partial charge in [0, 0.05) is 6.42 Å². The average Bonchev–Trinajstić information content (AvgIpc) is 3.32. The third kappa shape index (κ3) is 3.16. The van der Waals surface area contributed by atoms with Crippen LogP contribution in [0.25, 0.3) is 16.0 Å². The minimum absolute atomic E-state index is 0.571. The highest BCUT2D eigenvalue weighted by Crippen LogP contribution is 2.36. The molecule has 2 aliphatic heterocycles. The van der Waals surface area contributed by atoms with Gasteiger partial charge in [0.2, 0.25) is 0 Å². The smallest absolute Gasteiger partial charge is 0.276 e. The molecule has 0 bridgehead atoms. The number of ether oxygens (including phenoxy) is 1. The quantitative estimate of drug-likeness (QED) is 0.468. The van der Waals surface area contributed by atoms with Crippen molar-refractivity contribution in [1.82, 2.24) is 25.0 Å². The Balaban J connectivity index is 1.47. The molecule has 1 saturated heterocycles. The standard InChI is InChI=1S/C17H24N8OS/c1-2-23-5-3-12-13(11-23)27-16-14(12)15(19-17-20-21-22-25(16)17)18-4-6-24-7-9-26-10-8-24/h2-11H2,1H3,(H,18,19,20,22)/p+2. The van der Waals surface area contributed by atoms with Gasteiger partial charge in [0.05, 0.1) is 49.7 Å². The second-order valence-corrected chi connectivity index (χ2v) is 8.44. The van der Waals surface area contributed by atoms with E-state index in [1.54, 1.807) is 14.3 Å². The van der Waals surface area contributed by atoms with Gasteiger partial charge in [0.15, 0.2) is 0 Å². The molecule has 0 amide bonds. The molecule has 0 aromatic carbocycles. The van der Waals surface area contributed by atoms with Gasteiger partial charge in [-0.25, -0.2) is 0 Å². The lowest BCUT2D eigenvalue weighted by atomic mass is 10.1. The summed E-state index contributed by atoms with van der Waals surface area (Å²) in [6.45, 7) is 11.6. The number of thiophene rings is 1. The Morgan fingerprint density at radius 3 is 2.96 bits per heavy atom. The molecule has 1 atom stereocenters. The molecule has 3 aromatic rings. The highest BCUT2D eigenvalue weighted by Gasteiger charge is 2.27. The zero-order chi connectivity index (χ0) is 18.2. The van der Waals surface area contributed by atoms with Crippen LogP contribution >= 0.6 is 11.3 Å². The number of hydrogen-bond donors (Lipinski definition) is 3. The number of fused-ring (bicyclic) bond motifs is 5. The molecule has 144 valence electrons. The van der Waals surface area contributed by atoms with E-state index in [2.05, 4.69) is 27.8 Å². The second kappa shape index (κ2) is 7.27. The Hall–Kier alpha value is -1.88. The van der Waals surface area contributed by atoms with E-state index >= 15 is 0 Å². The molecule has 3 N–H and O–H groups in total. The van der Waals surface area contributed by atoms with Crippen molar-refractivity contribution in [3.8, 4) is 0 Å². The number of quaternary nitrogens is 2. The van der Waals surface area contributed by atoms with E-state index in [0.717, 1.165) is 63.0 Å². The van der Waals surface area contributed by atoms with E-state index < -0.39 is 0 Å². The summed E-state index contributed by atoms with van der Waals surface area (Å²) in [5.41, 5.74) is 1.44. The molecule has 0 radical (unpaired) electrons. The predicted molar refractivity (Wildman–Crippen MR) is 103 cm³/mol. The SMILES string of the molecule is CC[NH+]1CCc2c(sc3c2c(NCC[NH+]2CCOCC2)nc2nnnn23)C1. The maximum Gasteiger partial charge on any atom is 0.276 e. The van der Waals surface area contributed by atoms with Crippen molar-refractivity contribution in [2.24, 2.45) is 0 Å². The molecule has 0 aliphatic carbocycles. The summed E-state index contributed by atoms with van der Waals surface area (Å²) in [7, 11) is 0. The first-order valence-electron chi connectivity index (χ1n) is 9.84. The third-order valence-electron chi connectivity index (χ3n) is 5.78. The van der Waals surface area contributed by atoms with Crippen molar-refractivity contribution < 1.29 is 14.5 Å². The molecule has 0 spiro atoms. The largest absolute Gasteiger partial charge is 0.370 e. The number of nitrogens with one attached hydrogen (secondary N) is 3. The molecule has 1 fully saturated rings. The van der Waals surface area contributed by atoms with Crippen LogP contribution in [0.1, 0.15) is 17.4 Å². The predicted octanol–water partition coefficient (Wildman–Crippen LogP) is -1.98. The highest BCUT2D eigenvalue weighted by molar-refractivity contribution is 7.19. The molecule has 3 aromatic heterocycles. The number of morpholine rings is 1. The fourth-order valence-electron chi connectivity index (χ4n) is 4.15. The molecule has 10 heteroatoms. The van der Waals surface area contributed by atoms with E-state index in [-0.39, 0.29) is 0 Å². The summed E-state index contributed by atoms with van der Waals surface area (Å²) in [5, 5.41) is 16.9. The van der Waals surface area contributed by atoms with Crippen LogP contribution in [0.3, 0.4) is 0 Å². The van der Waals surface area contributed by atoms with Gasteiger partial charge in [-0.2, -0.15) is 9.50 Å². The molecule has 27 heavy (non-hydrogen) atoms. The van der Waals surface area contributed by atoms with Crippen LogP contribution in [0, 0.1) is 0 Å². The van der Waals surface area contributed by atoms with Crippen LogP contribution in [-0.2, 0) is 17.7 Å². The van der Waals surface area contributed by atoms with Crippen LogP contribution in [0.15, 0.2) is 0 Å². The first-order valence-corrected chi connectivity index (χ1v) is 10.7. The minimum Gasteiger partial charge on any atom is -0.370 e. The summed E-state index contributed by atoms with van der Waals surface area (Å²) in [6, 6.07) is 0. The Bertz CT molecular complexity index is 947. The molecule has 5 rings (SSSR count). The number of aromatic nitrogens is 5. The van der Waals surface area contributed by atoms with E-state index in [1.807, 2.05) is 11.3 Å². The van der Waals surface area contributed by atoms with Gasteiger partial charge >= 0.3 is 0 Å². The van der Waals surface area contributed by atoms with Crippen molar-refractivity contribution in [1.29, 1.82) is 0 Å². The topological polar surface area (TPSA) is 86.1 Å². The number of rotatable bonds is 5. The second-order valence-electron chi connectivity index (χ2n) is 7.35. The number of hydrogen-bond acceptors (Lipinski definition) is 7. The van der Waals surface area contributed by atoms with Crippen molar-refractivity contribution >= 4 is 33.1 Å². The van der Waals surface area contributed by atoms with Gasteiger partial charge < -0.3 is 19.9 Å². The number of nitrogens with zero attached hydrogens (tertiary/aromatic N) is 5.